The minimum atomic E-state index is -0.371. The third-order valence-corrected chi connectivity index (χ3v) is 5.14. The van der Waals surface area contributed by atoms with Crippen molar-refractivity contribution in [3.05, 3.63) is 0 Å². The zero-order valence-corrected chi connectivity index (χ0v) is 15.3. The average Bonchev–Trinajstić information content (AvgIpc) is 2.37. The van der Waals surface area contributed by atoms with E-state index in [0.717, 1.165) is 12.8 Å². The Balaban J connectivity index is 2.76. The predicted molar refractivity (Wildman–Crippen MR) is 89.2 cm³/mol. The van der Waals surface area contributed by atoms with Gasteiger partial charge in [-0.15, -0.1) is 0 Å². The van der Waals surface area contributed by atoms with E-state index in [4.69, 9.17) is 4.74 Å². The van der Waals surface area contributed by atoms with Crippen LogP contribution in [0.1, 0.15) is 93.4 Å². The maximum atomic E-state index is 12.8. The second-order valence-corrected chi connectivity index (χ2v) is 8.98. The van der Waals surface area contributed by atoms with E-state index in [1.54, 1.807) is 0 Å². The molecule has 2 nitrogen and oxygen atoms in total. The van der Waals surface area contributed by atoms with Crippen LogP contribution in [0, 0.1) is 16.7 Å². The molecule has 1 rings (SSSR count). The van der Waals surface area contributed by atoms with Gasteiger partial charge < -0.3 is 4.74 Å². The van der Waals surface area contributed by atoms with Gasteiger partial charge in [0, 0.05) is 0 Å². The number of esters is 1. The van der Waals surface area contributed by atoms with Crippen molar-refractivity contribution in [3.63, 3.8) is 0 Å². The summed E-state index contributed by atoms with van der Waals surface area (Å²) in [6.07, 6.45) is 7.99. The lowest BCUT2D eigenvalue weighted by Gasteiger charge is -2.40. The molecule has 0 amide bonds. The van der Waals surface area contributed by atoms with Gasteiger partial charge in [0.25, 0.3) is 0 Å². The molecular weight excluding hydrogens is 260 g/mol. The summed E-state index contributed by atoms with van der Waals surface area (Å²) in [5.74, 6) is 0.515. The summed E-state index contributed by atoms with van der Waals surface area (Å²) in [6.45, 7) is 15.0. The van der Waals surface area contributed by atoms with Gasteiger partial charge in [-0.25, -0.2) is 0 Å². The van der Waals surface area contributed by atoms with Crippen LogP contribution in [-0.2, 0) is 9.53 Å². The van der Waals surface area contributed by atoms with E-state index >= 15 is 0 Å². The lowest BCUT2D eigenvalue weighted by atomic mass is 9.73. The minimum absolute atomic E-state index is 0.00417. The Hall–Kier alpha value is -0.530. The van der Waals surface area contributed by atoms with Crippen molar-refractivity contribution in [1.29, 1.82) is 0 Å². The minimum Gasteiger partial charge on any atom is -0.459 e. The van der Waals surface area contributed by atoms with Crippen LogP contribution in [0.5, 0.6) is 0 Å². The fourth-order valence-electron chi connectivity index (χ4n) is 3.76. The molecule has 21 heavy (non-hydrogen) atoms. The van der Waals surface area contributed by atoms with Crippen molar-refractivity contribution in [2.45, 2.75) is 99.0 Å². The van der Waals surface area contributed by atoms with E-state index in [2.05, 4.69) is 48.5 Å². The molecule has 1 atom stereocenters. The summed E-state index contributed by atoms with van der Waals surface area (Å²) in [5.41, 5.74) is -0.561. The van der Waals surface area contributed by atoms with Crippen molar-refractivity contribution in [3.8, 4) is 0 Å². The Kier molecular flexibility index (Phi) is 5.91. The third-order valence-electron chi connectivity index (χ3n) is 5.14. The van der Waals surface area contributed by atoms with Gasteiger partial charge in [-0.1, -0.05) is 47.0 Å². The Morgan fingerprint density at radius 1 is 1.00 bits per heavy atom. The molecule has 0 heterocycles. The summed E-state index contributed by atoms with van der Waals surface area (Å²) in [5, 5.41) is 0. The SMILES string of the molecule is CCC(C)(CC(C)(C)C)C(=O)OC(C)(C)C1CCCCC1. The fourth-order valence-corrected chi connectivity index (χ4v) is 3.76. The number of carbonyl (C=O) groups excluding carboxylic acids is 1. The summed E-state index contributed by atoms with van der Waals surface area (Å²) >= 11 is 0. The smallest absolute Gasteiger partial charge is 0.312 e. The molecule has 2 heteroatoms. The van der Waals surface area contributed by atoms with Crippen molar-refractivity contribution >= 4 is 5.97 Å². The highest BCUT2D eigenvalue weighted by Crippen LogP contribution is 2.41. The number of hydrogen-bond donors (Lipinski definition) is 0. The molecule has 0 N–H and O–H groups in total. The van der Waals surface area contributed by atoms with Crippen LogP contribution in [0.3, 0.4) is 0 Å². The summed E-state index contributed by atoms with van der Waals surface area (Å²) in [6, 6.07) is 0. The largest absolute Gasteiger partial charge is 0.459 e. The highest BCUT2D eigenvalue weighted by atomic mass is 16.6. The first-order valence-corrected chi connectivity index (χ1v) is 8.74. The van der Waals surface area contributed by atoms with Gasteiger partial charge >= 0.3 is 5.97 Å². The second-order valence-electron chi connectivity index (χ2n) is 8.98. The molecule has 0 bridgehead atoms. The highest BCUT2D eigenvalue weighted by Gasteiger charge is 2.42. The van der Waals surface area contributed by atoms with Crippen LogP contribution >= 0.6 is 0 Å². The van der Waals surface area contributed by atoms with Crippen molar-refractivity contribution in [1.82, 2.24) is 0 Å². The van der Waals surface area contributed by atoms with Gasteiger partial charge in [0.1, 0.15) is 5.60 Å². The summed E-state index contributed by atoms with van der Waals surface area (Å²) in [4.78, 5) is 12.8. The van der Waals surface area contributed by atoms with Crippen LogP contribution in [0.4, 0.5) is 0 Å². The van der Waals surface area contributed by atoms with Crippen LogP contribution < -0.4 is 0 Å². The molecule has 1 unspecified atom stereocenters. The maximum absolute atomic E-state index is 12.8. The molecule has 0 saturated heterocycles. The molecule has 1 saturated carbocycles. The third kappa shape index (κ3) is 5.30. The Labute approximate surface area is 132 Å². The number of rotatable bonds is 5. The Morgan fingerprint density at radius 2 is 1.52 bits per heavy atom. The van der Waals surface area contributed by atoms with Crippen LogP contribution in [0.15, 0.2) is 0 Å². The number of hydrogen-bond acceptors (Lipinski definition) is 2. The Morgan fingerprint density at radius 3 is 1.95 bits per heavy atom. The van der Waals surface area contributed by atoms with Gasteiger partial charge in [0.2, 0.25) is 0 Å². The monoisotopic (exact) mass is 296 g/mol. The first kappa shape index (κ1) is 18.5. The van der Waals surface area contributed by atoms with Crippen LogP contribution in [0.25, 0.3) is 0 Å². The zero-order chi connectivity index (χ0) is 16.3. The van der Waals surface area contributed by atoms with Gasteiger partial charge in [-0.2, -0.15) is 0 Å². The van der Waals surface area contributed by atoms with Crippen LogP contribution in [-0.4, -0.2) is 11.6 Å². The van der Waals surface area contributed by atoms with E-state index in [0.29, 0.717) is 5.92 Å². The summed E-state index contributed by atoms with van der Waals surface area (Å²) in [7, 11) is 0. The van der Waals surface area contributed by atoms with Crippen molar-refractivity contribution in [2.75, 3.05) is 0 Å². The molecule has 0 aromatic heterocycles. The molecule has 0 aromatic carbocycles. The zero-order valence-electron chi connectivity index (χ0n) is 15.3. The van der Waals surface area contributed by atoms with E-state index in [-0.39, 0.29) is 22.4 Å². The molecule has 1 aliphatic rings. The first-order valence-electron chi connectivity index (χ1n) is 8.74. The molecule has 124 valence electrons. The first-order chi connectivity index (χ1) is 9.50. The van der Waals surface area contributed by atoms with E-state index in [9.17, 15) is 4.79 Å². The molecule has 0 spiro atoms. The molecule has 1 aliphatic carbocycles. The van der Waals surface area contributed by atoms with Crippen LogP contribution in [0.2, 0.25) is 0 Å². The van der Waals surface area contributed by atoms with E-state index in [1.165, 1.54) is 32.1 Å². The lowest BCUT2D eigenvalue weighted by molar-refractivity contribution is -0.177. The number of ether oxygens (including phenoxy) is 1. The van der Waals surface area contributed by atoms with E-state index in [1.807, 2.05) is 0 Å². The van der Waals surface area contributed by atoms with Gasteiger partial charge in [0.15, 0.2) is 0 Å². The molecule has 0 radical (unpaired) electrons. The predicted octanol–water partition coefficient (Wildman–Crippen LogP) is 5.74. The molecule has 1 fully saturated rings. The number of carbonyl (C=O) groups is 1. The quantitative estimate of drug-likeness (QED) is 0.605. The maximum Gasteiger partial charge on any atom is 0.312 e. The van der Waals surface area contributed by atoms with E-state index < -0.39 is 0 Å². The lowest BCUT2D eigenvalue weighted by Crippen LogP contribution is -2.43. The normalized spacial score (nSPS) is 20.9. The molecule has 0 aliphatic heterocycles. The van der Waals surface area contributed by atoms with Crippen molar-refractivity contribution in [2.24, 2.45) is 16.7 Å². The van der Waals surface area contributed by atoms with Gasteiger partial charge in [-0.05, 0) is 57.8 Å². The summed E-state index contributed by atoms with van der Waals surface area (Å²) < 4.78 is 6.04. The molecule has 0 aromatic rings. The Bertz CT molecular complexity index is 345. The molecular formula is C19H36O2. The van der Waals surface area contributed by atoms with Crippen molar-refractivity contribution < 1.29 is 9.53 Å². The second kappa shape index (κ2) is 6.71. The van der Waals surface area contributed by atoms with Gasteiger partial charge in [0.05, 0.1) is 5.41 Å². The highest BCUT2D eigenvalue weighted by molar-refractivity contribution is 5.76. The fraction of sp³-hybridized carbons (Fsp3) is 0.947. The standard InChI is InChI=1S/C19H36O2/c1-8-19(7,14-17(2,3)4)16(20)21-18(5,6)15-12-10-9-11-13-15/h15H,8-14H2,1-7H3. The topological polar surface area (TPSA) is 26.3 Å². The average molecular weight is 296 g/mol. The van der Waals surface area contributed by atoms with Gasteiger partial charge in [-0.3, -0.25) is 4.79 Å².